The summed E-state index contributed by atoms with van der Waals surface area (Å²) in [5, 5.41) is 10.0. The summed E-state index contributed by atoms with van der Waals surface area (Å²) >= 11 is 3.39. The fourth-order valence-corrected chi connectivity index (χ4v) is 2.74. The molecule has 100 valence electrons. The average Bonchev–Trinajstić information content (AvgIpc) is 2.44. The molecular formula is C15H10BrNO3. The lowest BCUT2D eigenvalue weighted by atomic mass is 10.1. The van der Waals surface area contributed by atoms with Gasteiger partial charge < -0.3 is 9.67 Å². The molecule has 0 aliphatic rings. The number of fused-ring (bicyclic) bond motifs is 2. The van der Waals surface area contributed by atoms with Crippen LogP contribution in [-0.2, 0) is 7.05 Å². The summed E-state index contributed by atoms with van der Waals surface area (Å²) in [6.45, 7) is 0. The third-order valence-electron chi connectivity index (χ3n) is 3.42. The summed E-state index contributed by atoms with van der Waals surface area (Å²) in [4.78, 5) is 23.5. The van der Waals surface area contributed by atoms with Gasteiger partial charge in [-0.05, 0) is 36.4 Å². The third kappa shape index (κ3) is 1.82. The summed E-state index contributed by atoms with van der Waals surface area (Å²) in [7, 11) is 1.86. The van der Waals surface area contributed by atoms with Gasteiger partial charge in [-0.2, -0.15) is 0 Å². The van der Waals surface area contributed by atoms with E-state index in [1.807, 2.05) is 17.7 Å². The largest absolute Gasteiger partial charge is 0.478 e. The molecule has 1 heterocycles. The number of aryl methyl sites for hydroxylation is 1. The van der Waals surface area contributed by atoms with Crippen LogP contribution in [0.2, 0.25) is 0 Å². The van der Waals surface area contributed by atoms with Crippen molar-refractivity contribution in [3.8, 4) is 0 Å². The molecule has 3 rings (SSSR count). The topological polar surface area (TPSA) is 59.3 Å². The summed E-state index contributed by atoms with van der Waals surface area (Å²) in [5.74, 6) is -1.04. The van der Waals surface area contributed by atoms with Crippen molar-refractivity contribution < 1.29 is 9.90 Å². The van der Waals surface area contributed by atoms with E-state index >= 15 is 0 Å². The Morgan fingerprint density at radius 2 is 1.85 bits per heavy atom. The molecule has 20 heavy (non-hydrogen) atoms. The van der Waals surface area contributed by atoms with Crippen LogP contribution in [0, 0.1) is 0 Å². The molecule has 0 saturated carbocycles. The molecule has 0 radical (unpaired) electrons. The van der Waals surface area contributed by atoms with E-state index < -0.39 is 5.97 Å². The second kappa shape index (κ2) is 4.45. The van der Waals surface area contributed by atoms with Crippen LogP contribution in [0.1, 0.15) is 10.4 Å². The van der Waals surface area contributed by atoms with Gasteiger partial charge in [0.2, 0.25) is 0 Å². The van der Waals surface area contributed by atoms with E-state index in [9.17, 15) is 9.59 Å². The number of aromatic nitrogens is 1. The minimum absolute atomic E-state index is 0.117. The molecule has 0 unspecified atom stereocenters. The molecule has 0 bridgehead atoms. The van der Waals surface area contributed by atoms with Gasteiger partial charge in [0.15, 0.2) is 5.43 Å². The normalized spacial score (nSPS) is 11.1. The molecule has 4 nitrogen and oxygen atoms in total. The predicted molar refractivity (Wildman–Crippen MR) is 81.4 cm³/mol. The van der Waals surface area contributed by atoms with Gasteiger partial charge in [-0.1, -0.05) is 15.9 Å². The van der Waals surface area contributed by atoms with Crippen LogP contribution in [0.5, 0.6) is 0 Å². The number of hydrogen-bond donors (Lipinski definition) is 1. The third-order valence-corrected chi connectivity index (χ3v) is 3.91. The average molecular weight is 332 g/mol. The zero-order valence-electron chi connectivity index (χ0n) is 10.6. The van der Waals surface area contributed by atoms with Crippen molar-refractivity contribution in [2.75, 3.05) is 0 Å². The van der Waals surface area contributed by atoms with E-state index in [4.69, 9.17) is 5.11 Å². The first-order valence-corrected chi connectivity index (χ1v) is 6.73. The number of carboxylic acid groups (broad SMARTS) is 1. The number of pyridine rings is 1. The van der Waals surface area contributed by atoms with E-state index in [2.05, 4.69) is 15.9 Å². The molecule has 0 spiro atoms. The van der Waals surface area contributed by atoms with E-state index in [1.54, 1.807) is 18.2 Å². The van der Waals surface area contributed by atoms with Gasteiger partial charge in [0.25, 0.3) is 0 Å². The van der Waals surface area contributed by atoms with Crippen molar-refractivity contribution in [3.05, 3.63) is 56.7 Å². The monoisotopic (exact) mass is 331 g/mol. The van der Waals surface area contributed by atoms with Crippen molar-refractivity contribution in [2.45, 2.75) is 0 Å². The lowest BCUT2D eigenvalue weighted by molar-refractivity contribution is 0.0697. The first-order chi connectivity index (χ1) is 9.49. The van der Waals surface area contributed by atoms with Gasteiger partial charge >= 0.3 is 5.97 Å². The predicted octanol–water partition coefficient (Wildman–Crippen LogP) is 3.15. The Hall–Kier alpha value is -2.14. The summed E-state index contributed by atoms with van der Waals surface area (Å²) in [5.41, 5.74) is 1.49. The van der Waals surface area contributed by atoms with Gasteiger partial charge in [-0.15, -0.1) is 0 Å². The molecule has 0 fully saturated rings. The van der Waals surface area contributed by atoms with Crippen molar-refractivity contribution in [3.63, 3.8) is 0 Å². The van der Waals surface area contributed by atoms with Crippen LogP contribution < -0.4 is 5.43 Å². The molecule has 2 aromatic carbocycles. The van der Waals surface area contributed by atoms with Gasteiger partial charge in [-0.3, -0.25) is 4.79 Å². The van der Waals surface area contributed by atoms with E-state index in [-0.39, 0.29) is 11.0 Å². The number of hydrogen-bond acceptors (Lipinski definition) is 2. The molecule has 3 aromatic rings. The second-order valence-corrected chi connectivity index (χ2v) is 5.50. The Kier molecular flexibility index (Phi) is 2.87. The lowest BCUT2D eigenvalue weighted by Gasteiger charge is -2.11. The number of rotatable bonds is 1. The van der Waals surface area contributed by atoms with Gasteiger partial charge in [0.05, 0.1) is 16.6 Å². The maximum absolute atomic E-state index is 12.5. The van der Waals surface area contributed by atoms with E-state index in [0.717, 1.165) is 9.99 Å². The quantitative estimate of drug-likeness (QED) is 0.697. The van der Waals surface area contributed by atoms with E-state index in [1.165, 1.54) is 12.1 Å². The van der Waals surface area contributed by atoms with Crippen LogP contribution in [0.25, 0.3) is 21.8 Å². The highest BCUT2D eigenvalue weighted by Crippen LogP contribution is 2.22. The van der Waals surface area contributed by atoms with Crippen LogP contribution >= 0.6 is 15.9 Å². The Bertz CT molecular complexity index is 928. The molecule has 5 heteroatoms. The van der Waals surface area contributed by atoms with Gasteiger partial charge in [0, 0.05) is 22.3 Å². The fraction of sp³-hybridized carbons (Fsp3) is 0.0667. The van der Waals surface area contributed by atoms with Crippen LogP contribution in [0.15, 0.2) is 45.7 Å². The minimum Gasteiger partial charge on any atom is -0.478 e. The summed E-state index contributed by atoms with van der Waals surface area (Å²) < 4.78 is 2.78. The zero-order valence-corrected chi connectivity index (χ0v) is 12.1. The zero-order chi connectivity index (χ0) is 14.4. The second-order valence-electron chi connectivity index (χ2n) is 4.59. The standard InChI is InChI=1S/C15H10BrNO3/c1-17-12-5-2-8(15(19)20)6-11(12)14(18)10-4-3-9(16)7-13(10)17/h2-7H,1H3,(H,19,20). The lowest BCUT2D eigenvalue weighted by Crippen LogP contribution is -2.10. The molecule has 0 saturated heterocycles. The van der Waals surface area contributed by atoms with E-state index in [0.29, 0.717) is 16.3 Å². The molecule has 1 aromatic heterocycles. The Morgan fingerprint density at radius 3 is 2.55 bits per heavy atom. The smallest absolute Gasteiger partial charge is 0.335 e. The first kappa shape index (κ1) is 12.9. The molecule has 1 N–H and O–H groups in total. The number of nitrogens with zero attached hydrogens (tertiary/aromatic N) is 1. The highest BCUT2D eigenvalue weighted by molar-refractivity contribution is 9.10. The maximum atomic E-state index is 12.5. The maximum Gasteiger partial charge on any atom is 0.335 e. The van der Waals surface area contributed by atoms with Crippen molar-refractivity contribution in [1.29, 1.82) is 0 Å². The van der Waals surface area contributed by atoms with Crippen LogP contribution in [-0.4, -0.2) is 15.6 Å². The Labute approximate surface area is 122 Å². The van der Waals surface area contributed by atoms with Crippen LogP contribution in [0.4, 0.5) is 0 Å². The van der Waals surface area contributed by atoms with Gasteiger partial charge in [0.1, 0.15) is 0 Å². The molecule has 0 aliphatic heterocycles. The molecule has 0 aliphatic carbocycles. The number of aromatic carboxylic acids is 1. The SMILES string of the molecule is Cn1c2ccc(C(=O)O)cc2c(=O)c2ccc(Br)cc21. The number of carbonyl (C=O) groups is 1. The Morgan fingerprint density at radius 1 is 1.10 bits per heavy atom. The number of benzene rings is 2. The number of carboxylic acids is 1. The number of halogens is 1. The molecule has 0 atom stereocenters. The highest BCUT2D eigenvalue weighted by atomic mass is 79.9. The van der Waals surface area contributed by atoms with Gasteiger partial charge in [-0.25, -0.2) is 4.79 Å². The summed E-state index contributed by atoms with van der Waals surface area (Å²) in [6, 6.07) is 10.0. The first-order valence-electron chi connectivity index (χ1n) is 5.94. The fourth-order valence-electron chi connectivity index (χ4n) is 2.39. The minimum atomic E-state index is -1.04. The Balaban J connectivity index is 2.55. The van der Waals surface area contributed by atoms with Crippen molar-refractivity contribution in [1.82, 2.24) is 4.57 Å². The molecular weight excluding hydrogens is 322 g/mol. The highest BCUT2D eigenvalue weighted by Gasteiger charge is 2.11. The van der Waals surface area contributed by atoms with Crippen molar-refractivity contribution in [2.24, 2.45) is 7.05 Å². The molecule has 0 amide bonds. The summed E-state index contributed by atoms with van der Waals surface area (Å²) in [6.07, 6.45) is 0. The van der Waals surface area contributed by atoms with Crippen molar-refractivity contribution >= 4 is 43.7 Å². The van der Waals surface area contributed by atoms with Crippen LogP contribution in [0.3, 0.4) is 0 Å².